The van der Waals surface area contributed by atoms with Gasteiger partial charge in [0.2, 0.25) is 15.9 Å². The van der Waals surface area contributed by atoms with E-state index >= 15 is 0 Å². The van der Waals surface area contributed by atoms with Crippen molar-refractivity contribution in [2.75, 3.05) is 24.5 Å². The van der Waals surface area contributed by atoms with Crippen LogP contribution in [-0.4, -0.2) is 38.3 Å². The fourth-order valence-corrected chi connectivity index (χ4v) is 5.72. The molecule has 0 bridgehead atoms. The predicted molar refractivity (Wildman–Crippen MR) is 111 cm³/mol. The molecule has 1 amide bonds. The monoisotopic (exact) mass is 398 g/mol. The van der Waals surface area contributed by atoms with Crippen molar-refractivity contribution in [3.8, 4) is 0 Å². The van der Waals surface area contributed by atoms with Gasteiger partial charge in [0, 0.05) is 31.2 Å². The lowest BCUT2D eigenvalue weighted by Crippen LogP contribution is -2.44. The molecule has 1 saturated heterocycles. The topological polar surface area (TPSA) is 57.7 Å². The Morgan fingerprint density at radius 3 is 2.39 bits per heavy atom. The van der Waals surface area contributed by atoms with Crippen LogP contribution in [0.25, 0.3) is 0 Å². The second kappa shape index (κ2) is 7.68. The van der Waals surface area contributed by atoms with Crippen LogP contribution in [-0.2, 0) is 27.0 Å². The first kappa shape index (κ1) is 19.2. The maximum atomic E-state index is 13.0. The summed E-state index contributed by atoms with van der Waals surface area (Å²) in [5, 5.41) is 0. The van der Waals surface area contributed by atoms with Crippen molar-refractivity contribution in [3.63, 3.8) is 0 Å². The molecule has 28 heavy (non-hydrogen) atoms. The van der Waals surface area contributed by atoms with Gasteiger partial charge < -0.3 is 4.90 Å². The third kappa shape index (κ3) is 3.84. The first-order valence-corrected chi connectivity index (χ1v) is 11.5. The lowest BCUT2D eigenvalue weighted by Gasteiger charge is -2.32. The molecular formula is C22H26N2O3S. The molecule has 0 spiro atoms. The van der Waals surface area contributed by atoms with Gasteiger partial charge in [0.15, 0.2) is 0 Å². The average molecular weight is 399 g/mol. The molecule has 0 saturated carbocycles. The number of carbonyl (C=O) groups excluding carboxylic acids is 1. The summed E-state index contributed by atoms with van der Waals surface area (Å²) in [5.41, 5.74) is 4.15. The van der Waals surface area contributed by atoms with Crippen LogP contribution >= 0.6 is 0 Å². The van der Waals surface area contributed by atoms with Crippen LogP contribution in [0, 0.1) is 12.8 Å². The zero-order valence-electron chi connectivity index (χ0n) is 16.2. The second-order valence-electron chi connectivity index (χ2n) is 7.78. The van der Waals surface area contributed by atoms with Crippen molar-refractivity contribution in [3.05, 3.63) is 65.2 Å². The summed E-state index contributed by atoms with van der Waals surface area (Å²) >= 11 is 0. The van der Waals surface area contributed by atoms with Crippen LogP contribution in [0.4, 0.5) is 5.69 Å². The Bertz CT molecular complexity index is 962. The van der Waals surface area contributed by atoms with E-state index in [2.05, 4.69) is 6.07 Å². The lowest BCUT2D eigenvalue weighted by atomic mass is 9.96. The fourth-order valence-electron chi connectivity index (χ4n) is 4.15. The van der Waals surface area contributed by atoms with Gasteiger partial charge in [0.1, 0.15) is 0 Å². The summed E-state index contributed by atoms with van der Waals surface area (Å²) in [5.74, 6) is 0.0586. The van der Waals surface area contributed by atoms with Gasteiger partial charge in [-0.15, -0.1) is 0 Å². The second-order valence-corrected chi connectivity index (χ2v) is 9.75. The maximum absolute atomic E-state index is 13.0. The summed E-state index contributed by atoms with van der Waals surface area (Å²) in [7, 11) is -3.36. The SMILES string of the molecule is Cc1ccc(CS(=O)(=O)N2CCC(C(=O)N3CCc4ccccc43)CC2)cc1. The van der Waals surface area contributed by atoms with Crippen molar-refractivity contribution in [1.29, 1.82) is 0 Å². The Balaban J connectivity index is 1.38. The van der Waals surface area contributed by atoms with Crippen LogP contribution < -0.4 is 4.90 Å². The number of aryl methyl sites for hydroxylation is 1. The van der Waals surface area contributed by atoms with Gasteiger partial charge in [0.05, 0.1) is 5.75 Å². The number of para-hydroxylation sites is 1. The summed E-state index contributed by atoms with van der Waals surface area (Å²) in [6.45, 7) is 3.54. The van der Waals surface area contributed by atoms with Gasteiger partial charge in [-0.2, -0.15) is 0 Å². The number of rotatable bonds is 4. The number of hydrogen-bond acceptors (Lipinski definition) is 3. The molecule has 148 valence electrons. The molecule has 4 rings (SSSR count). The summed E-state index contributed by atoms with van der Waals surface area (Å²) in [6, 6.07) is 15.6. The first-order valence-electron chi connectivity index (χ1n) is 9.87. The van der Waals surface area contributed by atoms with E-state index in [-0.39, 0.29) is 17.6 Å². The van der Waals surface area contributed by atoms with E-state index in [0.717, 1.165) is 29.8 Å². The fraction of sp³-hybridized carbons (Fsp3) is 0.409. The van der Waals surface area contributed by atoms with Crippen LogP contribution in [0.2, 0.25) is 0 Å². The third-order valence-corrected chi connectivity index (χ3v) is 7.67. The van der Waals surface area contributed by atoms with Gasteiger partial charge in [-0.05, 0) is 43.4 Å². The van der Waals surface area contributed by atoms with Gasteiger partial charge in [-0.1, -0.05) is 48.0 Å². The smallest absolute Gasteiger partial charge is 0.230 e. The van der Waals surface area contributed by atoms with Crippen LogP contribution in [0.1, 0.15) is 29.5 Å². The predicted octanol–water partition coefficient (Wildman–Crippen LogP) is 3.13. The summed E-state index contributed by atoms with van der Waals surface area (Å²) in [6.07, 6.45) is 2.07. The number of anilines is 1. The molecule has 2 aromatic rings. The Morgan fingerprint density at radius 2 is 1.68 bits per heavy atom. The van der Waals surface area contributed by atoms with Crippen LogP contribution in [0.3, 0.4) is 0 Å². The van der Waals surface area contributed by atoms with Gasteiger partial charge in [-0.3, -0.25) is 4.79 Å². The highest BCUT2D eigenvalue weighted by Crippen LogP contribution is 2.31. The van der Waals surface area contributed by atoms with Crippen LogP contribution in [0.15, 0.2) is 48.5 Å². The Hall–Kier alpha value is -2.18. The summed E-state index contributed by atoms with van der Waals surface area (Å²) < 4.78 is 27.1. The number of carbonyl (C=O) groups is 1. The zero-order valence-corrected chi connectivity index (χ0v) is 17.0. The Morgan fingerprint density at radius 1 is 1.00 bits per heavy atom. The van der Waals surface area contributed by atoms with Crippen molar-refractivity contribution < 1.29 is 13.2 Å². The van der Waals surface area contributed by atoms with E-state index in [4.69, 9.17) is 0 Å². The highest BCUT2D eigenvalue weighted by molar-refractivity contribution is 7.88. The number of sulfonamides is 1. The van der Waals surface area contributed by atoms with E-state index in [1.165, 1.54) is 5.56 Å². The van der Waals surface area contributed by atoms with Crippen molar-refractivity contribution >= 4 is 21.6 Å². The van der Waals surface area contributed by atoms with Gasteiger partial charge in [-0.25, -0.2) is 12.7 Å². The number of piperidine rings is 1. The van der Waals surface area contributed by atoms with Crippen molar-refractivity contribution in [2.45, 2.75) is 31.9 Å². The quantitative estimate of drug-likeness (QED) is 0.795. The molecule has 5 nitrogen and oxygen atoms in total. The van der Waals surface area contributed by atoms with Crippen molar-refractivity contribution in [1.82, 2.24) is 4.31 Å². The average Bonchev–Trinajstić information content (AvgIpc) is 3.13. The van der Waals surface area contributed by atoms with E-state index in [0.29, 0.717) is 25.9 Å². The lowest BCUT2D eigenvalue weighted by molar-refractivity contribution is -0.123. The molecule has 0 aromatic heterocycles. The molecule has 6 heteroatoms. The van der Waals surface area contributed by atoms with Gasteiger partial charge in [0.25, 0.3) is 0 Å². The first-order chi connectivity index (χ1) is 13.4. The molecule has 0 atom stereocenters. The zero-order chi connectivity index (χ0) is 19.7. The molecule has 2 heterocycles. The van der Waals surface area contributed by atoms with Gasteiger partial charge >= 0.3 is 0 Å². The molecule has 0 unspecified atom stereocenters. The standard InChI is InChI=1S/C22H26N2O3S/c1-17-6-8-18(9-7-17)16-28(26,27)23-13-10-20(11-14-23)22(25)24-15-12-19-4-2-3-5-21(19)24/h2-9,20H,10-16H2,1H3. The number of nitrogens with zero attached hydrogens (tertiary/aromatic N) is 2. The number of hydrogen-bond donors (Lipinski definition) is 0. The van der Waals surface area contributed by atoms with E-state index < -0.39 is 10.0 Å². The minimum absolute atomic E-state index is 0.0192. The Labute approximate surface area is 167 Å². The molecule has 1 fully saturated rings. The highest BCUT2D eigenvalue weighted by atomic mass is 32.2. The number of benzene rings is 2. The van der Waals surface area contributed by atoms with Crippen molar-refractivity contribution in [2.24, 2.45) is 5.92 Å². The molecule has 0 N–H and O–H groups in total. The highest BCUT2D eigenvalue weighted by Gasteiger charge is 2.35. The minimum atomic E-state index is -3.36. The summed E-state index contributed by atoms with van der Waals surface area (Å²) in [4.78, 5) is 14.9. The number of amides is 1. The third-order valence-electron chi connectivity index (χ3n) is 5.82. The van der Waals surface area contributed by atoms with E-state index in [9.17, 15) is 13.2 Å². The molecule has 0 radical (unpaired) electrons. The molecule has 2 aliphatic rings. The largest absolute Gasteiger partial charge is 0.312 e. The van der Waals surface area contributed by atoms with Crippen LogP contribution in [0.5, 0.6) is 0 Å². The Kier molecular flexibility index (Phi) is 5.25. The molecule has 0 aliphatic carbocycles. The minimum Gasteiger partial charge on any atom is -0.312 e. The maximum Gasteiger partial charge on any atom is 0.230 e. The van der Waals surface area contributed by atoms with E-state index in [1.807, 2.05) is 54.3 Å². The number of fused-ring (bicyclic) bond motifs is 1. The van der Waals surface area contributed by atoms with E-state index in [1.54, 1.807) is 4.31 Å². The molecule has 2 aromatic carbocycles. The normalized spacial score (nSPS) is 18.2. The molecular weight excluding hydrogens is 372 g/mol. The molecule has 2 aliphatic heterocycles.